The van der Waals surface area contributed by atoms with Crippen LogP contribution in [0.5, 0.6) is 0 Å². The van der Waals surface area contributed by atoms with Crippen molar-refractivity contribution in [2.24, 2.45) is 27.6 Å². The second-order valence-electron chi connectivity index (χ2n) is 12.8. The first-order valence-electron chi connectivity index (χ1n) is 17.1. The number of aliphatic imine (C=N–C) groups is 2. The molecule has 0 spiro atoms. The monoisotopic (exact) mass is 680 g/mol. The number of hydrogen-bond acceptors (Lipinski definition) is 7. The number of benzene rings is 3. The average Bonchev–Trinajstić information content (AvgIpc) is 3.35. The van der Waals surface area contributed by atoms with Gasteiger partial charge in [-0.25, -0.2) is 4.79 Å². The van der Waals surface area contributed by atoms with E-state index in [-0.39, 0.29) is 6.61 Å². The number of nitrogens with two attached hydrogens (primary N) is 1. The van der Waals surface area contributed by atoms with Crippen molar-refractivity contribution in [3.63, 3.8) is 0 Å². The number of para-hydroxylation sites is 2. The average molecular weight is 681 g/mol. The summed E-state index contributed by atoms with van der Waals surface area (Å²) in [4.78, 5) is 23.1. The number of nitrogens with one attached hydrogen (secondary N) is 3. The van der Waals surface area contributed by atoms with Crippen LogP contribution in [-0.4, -0.2) is 39.8 Å². The lowest BCUT2D eigenvalue weighted by Crippen LogP contribution is -2.41. The zero-order valence-electron chi connectivity index (χ0n) is 27.2. The van der Waals surface area contributed by atoms with E-state index < -0.39 is 18.4 Å². The van der Waals surface area contributed by atoms with Crippen LogP contribution in [0.15, 0.2) is 88.8 Å². The van der Waals surface area contributed by atoms with Gasteiger partial charge in [-0.2, -0.15) is 0 Å². The molecule has 4 aliphatic rings. The second kappa shape index (κ2) is 16.4. The SMILES string of the molecule is NC1N=C(C2CCCCC2)c2ccccc2NC1=S.O=C(NC1N=C(C2CCCCC2)c2ccccc2NC1=S)OCc1ccccc1. The minimum absolute atomic E-state index is 0.207. The van der Waals surface area contributed by atoms with E-state index >= 15 is 0 Å². The summed E-state index contributed by atoms with van der Waals surface area (Å²) < 4.78 is 5.37. The molecule has 3 aromatic carbocycles. The molecular weight excluding hydrogens is 637 g/mol. The summed E-state index contributed by atoms with van der Waals surface area (Å²) in [6.45, 7) is 0.207. The number of thiocarbonyl (C=S) groups is 2. The molecule has 2 aliphatic heterocycles. The summed E-state index contributed by atoms with van der Waals surface area (Å²) in [6.07, 6.45) is 10.7. The molecule has 3 aromatic rings. The van der Waals surface area contributed by atoms with Crippen LogP contribution < -0.4 is 21.7 Å². The fourth-order valence-electron chi connectivity index (χ4n) is 6.96. The molecule has 1 amide bonds. The highest BCUT2D eigenvalue weighted by atomic mass is 32.1. The lowest BCUT2D eigenvalue weighted by Gasteiger charge is -2.24. The number of ether oxygens (including phenoxy) is 1. The first kappa shape index (κ1) is 33.9. The zero-order chi connectivity index (χ0) is 33.3. The Morgan fingerprint density at radius 3 is 1.79 bits per heavy atom. The highest BCUT2D eigenvalue weighted by Gasteiger charge is 2.29. The molecule has 8 nitrogen and oxygen atoms in total. The van der Waals surface area contributed by atoms with E-state index in [0.29, 0.717) is 21.8 Å². The maximum absolute atomic E-state index is 12.4. The molecule has 48 heavy (non-hydrogen) atoms. The fraction of sp³-hybridized carbons (Fsp3) is 0.395. The maximum Gasteiger partial charge on any atom is 0.409 e. The van der Waals surface area contributed by atoms with Gasteiger partial charge in [0.05, 0.1) is 5.71 Å². The highest BCUT2D eigenvalue weighted by molar-refractivity contribution is 7.81. The van der Waals surface area contributed by atoms with E-state index in [1.165, 1.54) is 56.9 Å². The third kappa shape index (κ3) is 8.53. The van der Waals surface area contributed by atoms with Crippen molar-refractivity contribution in [1.29, 1.82) is 0 Å². The number of amides is 1. The molecule has 0 aromatic heterocycles. The van der Waals surface area contributed by atoms with Crippen molar-refractivity contribution in [1.82, 2.24) is 5.32 Å². The van der Waals surface area contributed by atoms with Gasteiger partial charge in [-0.05, 0) is 43.4 Å². The van der Waals surface area contributed by atoms with Crippen molar-refractivity contribution in [3.8, 4) is 0 Å². The number of anilines is 2. The number of fused-ring (bicyclic) bond motifs is 2. The van der Waals surface area contributed by atoms with Crippen LogP contribution in [0.25, 0.3) is 0 Å². The van der Waals surface area contributed by atoms with E-state index in [9.17, 15) is 4.79 Å². The van der Waals surface area contributed by atoms with Gasteiger partial charge < -0.3 is 21.1 Å². The summed E-state index contributed by atoms with van der Waals surface area (Å²) >= 11 is 10.9. The molecule has 2 heterocycles. The molecule has 2 atom stereocenters. The van der Waals surface area contributed by atoms with E-state index in [1.807, 2.05) is 54.6 Å². The number of rotatable bonds is 5. The Morgan fingerprint density at radius 1 is 0.708 bits per heavy atom. The van der Waals surface area contributed by atoms with E-state index in [1.54, 1.807) is 0 Å². The van der Waals surface area contributed by atoms with E-state index in [2.05, 4.69) is 40.2 Å². The van der Waals surface area contributed by atoms with Crippen molar-refractivity contribution in [2.75, 3.05) is 10.6 Å². The Morgan fingerprint density at radius 2 is 1.21 bits per heavy atom. The molecule has 250 valence electrons. The van der Waals surface area contributed by atoms with Gasteiger partial charge in [0.2, 0.25) is 0 Å². The number of alkyl carbamates (subject to hydrolysis) is 1. The van der Waals surface area contributed by atoms with Gasteiger partial charge >= 0.3 is 6.09 Å². The molecule has 7 rings (SSSR count). The molecule has 0 radical (unpaired) electrons. The van der Waals surface area contributed by atoms with Crippen LogP contribution in [0.4, 0.5) is 16.2 Å². The fourth-order valence-corrected chi connectivity index (χ4v) is 7.35. The Hall–Kier alpha value is -3.99. The zero-order valence-corrected chi connectivity index (χ0v) is 28.8. The first-order valence-corrected chi connectivity index (χ1v) is 18.0. The first-order chi connectivity index (χ1) is 23.5. The van der Waals surface area contributed by atoms with Crippen LogP contribution in [0, 0.1) is 11.8 Å². The third-order valence-electron chi connectivity index (χ3n) is 9.44. The Labute approximate surface area is 294 Å². The smallest absolute Gasteiger partial charge is 0.409 e. The number of carbonyl (C=O) groups is 1. The van der Waals surface area contributed by atoms with Gasteiger partial charge in [-0.15, -0.1) is 0 Å². The second-order valence-corrected chi connectivity index (χ2v) is 13.7. The minimum atomic E-state index is -0.641. The lowest BCUT2D eigenvalue weighted by molar-refractivity contribution is 0.138. The van der Waals surface area contributed by atoms with Crippen LogP contribution in [-0.2, 0) is 11.3 Å². The molecule has 10 heteroatoms. The highest BCUT2D eigenvalue weighted by Crippen LogP contribution is 2.33. The largest absolute Gasteiger partial charge is 0.445 e. The summed E-state index contributed by atoms with van der Waals surface area (Å²) in [5, 5.41) is 9.33. The van der Waals surface area contributed by atoms with Crippen LogP contribution in [0.3, 0.4) is 0 Å². The van der Waals surface area contributed by atoms with Gasteiger partial charge in [0.1, 0.15) is 22.7 Å². The summed E-state index contributed by atoms with van der Waals surface area (Å²) in [6, 6.07) is 25.9. The van der Waals surface area contributed by atoms with E-state index in [4.69, 9.17) is 44.9 Å². The van der Waals surface area contributed by atoms with Gasteiger partial charge in [-0.1, -0.05) is 130 Å². The van der Waals surface area contributed by atoms with Crippen LogP contribution >= 0.6 is 24.4 Å². The van der Waals surface area contributed by atoms with Crippen molar-refractivity contribution in [2.45, 2.75) is 83.1 Å². The third-order valence-corrected chi connectivity index (χ3v) is 10.1. The molecule has 2 fully saturated rings. The maximum atomic E-state index is 12.4. The minimum Gasteiger partial charge on any atom is -0.445 e. The summed E-state index contributed by atoms with van der Waals surface area (Å²) in [5.41, 5.74) is 13.4. The number of nitrogens with zero attached hydrogens (tertiary/aromatic N) is 2. The predicted octanol–water partition coefficient (Wildman–Crippen LogP) is 8.16. The lowest BCUT2D eigenvalue weighted by atomic mass is 9.83. The Balaban J connectivity index is 0.000000182. The van der Waals surface area contributed by atoms with Gasteiger partial charge in [0.15, 0.2) is 6.17 Å². The number of carbonyl (C=O) groups excluding carboxylic acids is 1. The number of hydrogen-bond donors (Lipinski definition) is 4. The molecule has 2 unspecified atom stereocenters. The van der Waals surface area contributed by atoms with E-state index in [0.717, 1.165) is 46.8 Å². The van der Waals surface area contributed by atoms with Gasteiger partial charge in [-0.3, -0.25) is 15.3 Å². The summed E-state index contributed by atoms with van der Waals surface area (Å²) in [5.74, 6) is 0.917. The van der Waals surface area contributed by atoms with Crippen molar-refractivity contribution >= 4 is 63.3 Å². The van der Waals surface area contributed by atoms with Crippen molar-refractivity contribution < 1.29 is 9.53 Å². The molecule has 2 saturated carbocycles. The normalized spacial score (nSPS) is 21.3. The molecule has 5 N–H and O–H groups in total. The Bertz CT molecular complexity index is 1660. The summed E-state index contributed by atoms with van der Waals surface area (Å²) in [7, 11) is 0. The van der Waals surface area contributed by atoms with Crippen molar-refractivity contribution in [3.05, 3.63) is 95.6 Å². The molecule has 0 bridgehead atoms. The van der Waals surface area contributed by atoms with Gasteiger partial charge in [0.25, 0.3) is 0 Å². The van der Waals surface area contributed by atoms with Crippen LogP contribution in [0.2, 0.25) is 0 Å². The molecule has 0 saturated heterocycles. The Kier molecular flexibility index (Phi) is 11.6. The molecule has 2 aliphatic carbocycles. The topological polar surface area (TPSA) is 113 Å². The predicted molar refractivity (Wildman–Crippen MR) is 203 cm³/mol. The number of benzodiazepines with no additional fused rings is 2. The molecular formula is C38H44N6O2S2. The standard InChI is InChI=1S/C23H25N3O2S.C15H19N3S/c27-23(28-15-16-9-3-1-4-10-16)26-21-22(29)24-19-14-8-7-13-18(19)20(25-21)17-11-5-2-6-12-17;16-14-15(19)17-12-9-5-4-8-11(12)13(18-14)10-6-2-1-3-7-10/h1,3-4,7-10,13-14,17,21H,2,5-6,11-12,15H2,(H,24,29)(H,26,27);4-5,8-10,14H,1-3,6-7,16H2,(H,17,19). The van der Waals surface area contributed by atoms with Gasteiger partial charge in [0, 0.05) is 40.0 Å². The van der Waals surface area contributed by atoms with Crippen LogP contribution in [0.1, 0.15) is 80.9 Å². The quantitative estimate of drug-likeness (QED) is 0.201.